The van der Waals surface area contributed by atoms with E-state index in [0.717, 1.165) is 89.2 Å². The first-order chi connectivity index (χ1) is 26.2. The van der Waals surface area contributed by atoms with Crippen LogP contribution < -0.4 is 0 Å². The molecule has 0 radical (unpaired) electrons. The second-order valence-electron chi connectivity index (χ2n) is 15.9. The first kappa shape index (κ1) is 47.6. The fraction of sp³-hybridized carbons (Fsp3) is 0.787. The summed E-state index contributed by atoms with van der Waals surface area (Å²) in [7, 11) is 0. The van der Waals surface area contributed by atoms with Crippen LogP contribution in [0.15, 0.2) is 8.83 Å². The lowest BCUT2D eigenvalue weighted by atomic mass is 10.0. The van der Waals surface area contributed by atoms with Crippen molar-refractivity contribution in [2.75, 3.05) is 13.2 Å². The van der Waals surface area contributed by atoms with Gasteiger partial charge in [-0.05, 0) is 88.5 Å². The van der Waals surface area contributed by atoms with Crippen LogP contribution in [0.1, 0.15) is 213 Å². The Morgan fingerprint density at radius 1 is 0.481 bits per heavy atom. The summed E-state index contributed by atoms with van der Waals surface area (Å²) in [6.07, 6.45) is 29.4. The summed E-state index contributed by atoms with van der Waals surface area (Å²) >= 11 is 0. The summed E-state index contributed by atoms with van der Waals surface area (Å²) in [5.41, 5.74) is 5.38. The number of aryl methyl sites for hydroxylation is 4. The first-order valence-electron chi connectivity index (χ1n) is 22.3. The molecule has 2 aromatic rings. The SMILES string of the molecule is CCCCCc1oc(CCCCCCCCCCCCC(=O)OC[C@H](CO)OC(=O)CCCCCCCCc2oc(CCCCC)c(C)c2C)c(C)c1C. The van der Waals surface area contributed by atoms with E-state index in [9.17, 15) is 14.7 Å². The number of esters is 2. The molecule has 0 spiro atoms. The van der Waals surface area contributed by atoms with Gasteiger partial charge < -0.3 is 23.4 Å². The van der Waals surface area contributed by atoms with Crippen LogP contribution in [0.5, 0.6) is 0 Å². The van der Waals surface area contributed by atoms with Crippen molar-refractivity contribution in [2.45, 2.75) is 227 Å². The molecule has 0 fully saturated rings. The van der Waals surface area contributed by atoms with Crippen LogP contribution >= 0.6 is 0 Å². The molecule has 2 heterocycles. The molecule has 0 saturated carbocycles. The Balaban J connectivity index is 1.40. The zero-order chi connectivity index (χ0) is 39.4. The van der Waals surface area contributed by atoms with E-state index in [2.05, 4.69) is 41.5 Å². The number of ether oxygens (including phenoxy) is 2. The van der Waals surface area contributed by atoms with Crippen molar-refractivity contribution in [3.63, 3.8) is 0 Å². The summed E-state index contributed by atoms with van der Waals surface area (Å²) in [5, 5.41) is 9.64. The van der Waals surface area contributed by atoms with Crippen molar-refractivity contribution in [3.05, 3.63) is 45.3 Å². The van der Waals surface area contributed by atoms with Crippen LogP contribution in [0, 0.1) is 27.7 Å². The second-order valence-corrected chi connectivity index (χ2v) is 15.9. The highest BCUT2D eigenvalue weighted by molar-refractivity contribution is 5.70. The average Bonchev–Trinajstić information content (AvgIpc) is 3.59. The van der Waals surface area contributed by atoms with E-state index < -0.39 is 6.10 Å². The summed E-state index contributed by atoms with van der Waals surface area (Å²) < 4.78 is 23.1. The van der Waals surface area contributed by atoms with Gasteiger partial charge in [0.15, 0.2) is 6.10 Å². The van der Waals surface area contributed by atoms with Gasteiger partial charge in [-0.2, -0.15) is 0 Å². The van der Waals surface area contributed by atoms with Gasteiger partial charge >= 0.3 is 11.9 Å². The van der Waals surface area contributed by atoms with Gasteiger partial charge in [-0.3, -0.25) is 9.59 Å². The molecule has 0 saturated heterocycles. The summed E-state index contributed by atoms with van der Waals surface area (Å²) in [4.78, 5) is 24.5. The normalized spacial score (nSPS) is 12.1. The van der Waals surface area contributed by atoms with E-state index in [4.69, 9.17) is 18.3 Å². The van der Waals surface area contributed by atoms with Crippen molar-refractivity contribution in [1.82, 2.24) is 0 Å². The molecule has 2 aromatic heterocycles. The Kier molecular flexibility index (Phi) is 26.2. The number of carbonyl (C=O) groups excluding carboxylic acids is 2. The number of rotatable bonds is 34. The van der Waals surface area contributed by atoms with E-state index in [1.165, 1.54) is 123 Å². The van der Waals surface area contributed by atoms with Gasteiger partial charge in [0, 0.05) is 38.5 Å². The summed E-state index contributed by atoms with van der Waals surface area (Å²) in [6, 6.07) is 0. The van der Waals surface area contributed by atoms with E-state index in [0.29, 0.717) is 12.8 Å². The molecule has 0 amide bonds. The molecular formula is C47H80O7. The third kappa shape index (κ3) is 19.9. The molecular weight excluding hydrogens is 677 g/mol. The maximum Gasteiger partial charge on any atom is 0.306 e. The minimum Gasteiger partial charge on any atom is -0.466 e. The van der Waals surface area contributed by atoms with Crippen LogP contribution in [0.3, 0.4) is 0 Å². The van der Waals surface area contributed by atoms with Crippen molar-refractivity contribution in [1.29, 1.82) is 0 Å². The molecule has 7 heteroatoms. The lowest BCUT2D eigenvalue weighted by molar-refractivity contribution is -0.161. The van der Waals surface area contributed by atoms with Gasteiger partial charge in [0.2, 0.25) is 0 Å². The van der Waals surface area contributed by atoms with Gasteiger partial charge in [0.05, 0.1) is 6.61 Å². The monoisotopic (exact) mass is 757 g/mol. The third-order valence-corrected chi connectivity index (χ3v) is 11.3. The Morgan fingerprint density at radius 2 is 0.796 bits per heavy atom. The van der Waals surface area contributed by atoms with Gasteiger partial charge in [-0.1, -0.05) is 117 Å². The lowest BCUT2D eigenvalue weighted by Gasteiger charge is -2.15. The number of carbonyl (C=O) groups is 2. The zero-order valence-corrected chi connectivity index (χ0v) is 35.7. The molecule has 2 rings (SSSR count). The number of unbranched alkanes of at least 4 members (excludes halogenated alkanes) is 18. The molecule has 0 aliphatic heterocycles. The Morgan fingerprint density at radius 3 is 1.15 bits per heavy atom. The van der Waals surface area contributed by atoms with Crippen LogP contribution in [0.4, 0.5) is 0 Å². The highest BCUT2D eigenvalue weighted by Gasteiger charge is 2.17. The number of hydrogen-bond acceptors (Lipinski definition) is 7. The highest BCUT2D eigenvalue weighted by atomic mass is 16.6. The van der Waals surface area contributed by atoms with Gasteiger partial charge in [0.25, 0.3) is 0 Å². The topological polar surface area (TPSA) is 99.1 Å². The van der Waals surface area contributed by atoms with Crippen LogP contribution in [0.2, 0.25) is 0 Å². The molecule has 1 N–H and O–H groups in total. The third-order valence-electron chi connectivity index (χ3n) is 11.3. The summed E-state index contributed by atoms with van der Waals surface area (Å²) in [6.45, 7) is 12.8. The van der Waals surface area contributed by atoms with Crippen LogP contribution in [-0.2, 0) is 44.7 Å². The first-order valence-corrected chi connectivity index (χ1v) is 22.3. The van der Waals surface area contributed by atoms with E-state index in [1.807, 2.05) is 0 Å². The Labute approximate surface area is 330 Å². The largest absolute Gasteiger partial charge is 0.466 e. The quantitative estimate of drug-likeness (QED) is 0.0560. The maximum atomic E-state index is 12.3. The molecule has 0 aliphatic rings. The second kappa shape index (κ2) is 29.7. The molecule has 7 nitrogen and oxygen atoms in total. The smallest absolute Gasteiger partial charge is 0.306 e. The average molecular weight is 757 g/mol. The Bertz CT molecular complexity index is 1270. The van der Waals surface area contributed by atoms with Crippen LogP contribution in [-0.4, -0.2) is 36.4 Å². The molecule has 1 atom stereocenters. The predicted octanol–water partition coefficient (Wildman–Crippen LogP) is 12.8. The van der Waals surface area contributed by atoms with E-state index in [1.54, 1.807) is 0 Å². The molecule has 0 aliphatic carbocycles. The molecule has 54 heavy (non-hydrogen) atoms. The zero-order valence-electron chi connectivity index (χ0n) is 35.7. The molecule has 0 aromatic carbocycles. The standard InChI is InChI=1S/C47H80O7/c1-7-9-23-29-42-37(3)39(5)44(53-42)31-25-19-15-13-11-12-14-16-21-27-33-46(49)51-36-41(35-48)52-47(50)34-28-22-18-17-20-26-32-45-40(6)38(4)43(54-45)30-24-10-8-2/h41,48H,7-36H2,1-6H3/t41-/m0/s1. The minimum atomic E-state index is -0.797. The summed E-state index contributed by atoms with van der Waals surface area (Å²) in [5.74, 6) is 4.11. The van der Waals surface area contributed by atoms with Crippen molar-refractivity contribution in [2.24, 2.45) is 0 Å². The van der Waals surface area contributed by atoms with E-state index >= 15 is 0 Å². The van der Waals surface area contributed by atoms with Gasteiger partial charge in [-0.25, -0.2) is 0 Å². The fourth-order valence-corrected chi connectivity index (χ4v) is 7.32. The van der Waals surface area contributed by atoms with Crippen molar-refractivity contribution >= 4 is 11.9 Å². The lowest BCUT2D eigenvalue weighted by Crippen LogP contribution is -2.28. The van der Waals surface area contributed by atoms with Gasteiger partial charge in [-0.15, -0.1) is 0 Å². The van der Waals surface area contributed by atoms with Crippen LogP contribution in [0.25, 0.3) is 0 Å². The van der Waals surface area contributed by atoms with Gasteiger partial charge in [0.1, 0.15) is 29.6 Å². The number of aliphatic hydroxyl groups is 1. The number of aliphatic hydroxyl groups excluding tert-OH is 1. The Hall–Kier alpha value is -2.54. The molecule has 0 bridgehead atoms. The minimum absolute atomic E-state index is 0.0865. The maximum absolute atomic E-state index is 12.3. The highest BCUT2D eigenvalue weighted by Crippen LogP contribution is 2.26. The van der Waals surface area contributed by atoms with Crippen molar-refractivity contribution < 1.29 is 33.0 Å². The molecule has 0 unspecified atom stereocenters. The number of furan rings is 2. The van der Waals surface area contributed by atoms with E-state index in [-0.39, 0.29) is 25.2 Å². The van der Waals surface area contributed by atoms with Crippen molar-refractivity contribution in [3.8, 4) is 0 Å². The number of hydrogen-bond donors (Lipinski definition) is 1. The predicted molar refractivity (Wildman–Crippen MR) is 221 cm³/mol. The molecule has 310 valence electrons. The fourth-order valence-electron chi connectivity index (χ4n) is 7.32.